The summed E-state index contributed by atoms with van der Waals surface area (Å²) in [7, 11) is 1.55. The van der Waals surface area contributed by atoms with E-state index < -0.39 is 0 Å². The molecule has 0 saturated heterocycles. The second-order valence-electron chi connectivity index (χ2n) is 6.46. The number of hydrogen-bond acceptors (Lipinski definition) is 6. The maximum absolute atomic E-state index is 6.42. The lowest BCUT2D eigenvalue weighted by molar-refractivity contribution is 0.306. The van der Waals surface area contributed by atoms with E-state index in [0.29, 0.717) is 51.4 Å². The standard InChI is InChI=1S/C22H19ClN4O2/c1-28-20-11-18-15(10-17(20)24)21(25)27-22(26-18)14-7-8-19(16(23)9-14)29-12-13-5-3-2-4-6-13/h2-11H,12,24H2,1H3,(H2,25,26,27). The fourth-order valence-electron chi connectivity index (χ4n) is 3.00. The largest absolute Gasteiger partial charge is 0.495 e. The molecule has 0 spiro atoms. The van der Waals surface area contributed by atoms with Crippen LogP contribution in [0.2, 0.25) is 5.02 Å². The molecule has 3 aromatic carbocycles. The number of nitrogen functional groups attached to an aromatic ring is 2. The quantitative estimate of drug-likeness (QED) is 0.466. The summed E-state index contributed by atoms with van der Waals surface area (Å²) in [4.78, 5) is 9.00. The molecule has 0 aliphatic rings. The van der Waals surface area contributed by atoms with Crippen LogP contribution < -0.4 is 20.9 Å². The van der Waals surface area contributed by atoms with Crippen molar-refractivity contribution < 1.29 is 9.47 Å². The zero-order chi connectivity index (χ0) is 20.4. The Balaban J connectivity index is 1.65. The predicted octanol–water partition coefficient (Wildman–Crippen LogP) is 4.70. The summed E-state index contributed by atoms with van der Waals surface area (Å²) >= 11 is 6.42. The Kier molecular flexibility index (Phi) is 5.10. The highest BCUT2D eigenvalue weighted by molar-refractivity contribution is 6.32. The van der Waals surface area contributed by atoms with Crippen LogP contribution in [0, 0.1) is 0 Å². The summed E-state index contributed by atoms with van der Waals surface area (Å²) in [5.41, 5.74) is 15.0. The van der Waals surface area contributed by atoms with Gasteiger partial charge in [-0.2, -0.15) is 0 Å². The van der Waals surface area contributed by atoms with E-state index in [-0.39, 0.29) is 0 Å². The van der Waals surface area contributed by atoms with Crippen LogP contribution in [0.15, 0.2) is 60.7 Å². The van der Waals surface area contributed by atoms with Gasteiger partial charge in [-0.05, 0) is 29.8 Å². The van der Waals surface area contributed by atoms with E-state index in [9.17, 15) is 0 Å². The second-order valence-corrected chi connectivity index (χ2v) is 6.87. The Labute approximate surface area is 173 Å². The van der Waals surface area contributed by atoms with Gasteiger partial charge in [-0.1, -0.05) is 41.9 Å². The second kappa shape index (κ2) is 7.85. The minimum atomic E-state index is 0.333. The Morgan fingerprint density at radius 1 is 0.931 bits per heavy atom. The molecule has 0 amide bonds. The SMILES string of the molecule is COc1cc2nc(-c3ccc(OCc4ccccc4)c(Cl)c3)nc(N)c2cc1N. The van der Waals surface area contributed by atoms with Crippen molar-refractivity contribution in [3.63, 3.8) is 0 Å². The van der Waals surface area contributed by atoms with Gasteiger partial charge in [0.05, 0.1) is 23.3 Å². The number of nitrogens with two attached hydrogens (primary N) is 2. The molecule has 1 aromatic heterocycles. The predicted molar refractivity (Wildman–Crippen MR) is 116 cm³/mol. The number of nitrogens with zero attached hydrogens (tertiary/aromatic N) is 2. The van der Waals surface area contributed by atoms with Crippen LogP contribution in [0.1, 0.15) is 5.56 Å². The molecule has 0 bridgehead atoms. The minimum Gasteiger partial charge on any atom is -0.495 e. The average molecular weight is 407 g/mol. The van der Waals surface area contributed by atoms with Gasteiger partial charge in [-0.15, -0.1) is 0 Å². The van der Waals surface area contributed by atoms with Crippen LogP contribution in [-0.2, 0) is 6.61 Å². The number of methoxy groups -OCH3 is 1. The van der Waals surface area contributed by atoms with E-state index >= 15 is 0 Å². The molecule has 0 aliphatic heterocycles. The molecule has 29 heavy (non-hydrogen) atoms. The summed E-state index contributed by atoms with van der Waals surface area (Å²) in [6, 6.07) is 18.7. The molecule has 0 atom stereocenters. The lowest BCUT2D eigenvalue weighted by Gasteiger charge is -2.11. The van der Waals surface area contributed by atoms with E-state index in [1.807, 2.05) is 36.4 Å². The molecule has 4 N–H and O–H groups in total. The van der Waals surface area contributed by atoms with Crippen molar-refractivity contribution in [3.8, 4) is 22.9 Å². The molecule has 0 fully saturated rings. The summed E-state index contributed by atoms with van der Waals surface area (Å²) in [6.07, 6.45) is 0. The Morgan fingerprint density at radius 2 is 1.72 bits per heavy atom. The maximum Gasteiger partial charge on any atom is 0.162 e. The van der Waals surface area contributed by atoms with Gasteiger partial charge in [0.15, 0.2) is 5.82 Å². The molecule has 7 heteroatoms. The van der Waals surface area contributed by atoms with Crippen molar-refractivity contribution in [1.29, 1.82) is 0 Å². The first-order valence-electron chi connectivity index (χ1n) is 8.92. The molecule has 0 saturated carbocycles. The third-order valence-electron chi connectivity index (χ3n) is 4.50. The van der Waals surface area contributed by atoms with E-state index in [4.69, 9.17) is 32.5 Å². The van der Waals surface area contributed by atoms with Crippen LogP contribution in [-0.4, -0.2) is 17.1 Å². The number of anilines is 2. The van der Waals surface area contributed by atoms with Crippen LogP contribution in [0.25, 0.3) is 22.3 Å². The van der Waals surface area contributed by atoms with Gasteiger partial charge in [-0.3, -0.25) is 0 Å². The van der Waals surface area contributed by atoms with Crippen LogP contribution >= 0.6 is 11.6 Å². The highest BCUT2D eigenvalue weighted by Gasteiger charge is 2.12. The number of aromatic nitrogens is 2. The molecule has 6 nitrogen and oxygen atoms in total. The number of halogens is 1. The molecule has 4 aromatic rings. The van der Waals surface area contributed by atoms with Crippen LogP contribution in [0.3, 0.4) is 0 Å². The number of hydrogen-bond donors (Lipinski definition) is 2. The molecule has 4 rings (SSSR count). The minimum absolute atomic E-state index is 0.333. The first-order valence-corrected chi connectivity index (χ1v) is 9.30. The number of ether oxygens (including phenoxy) is 2. The summed E-state index contributed by atoms with van der Waals surface area (Å²) < 4.78 is 11.1. The van der Waals surface area contributed by atoms with Crippen LogP contribution in [0.4, 0.5) is 11.5 Å². The van der Waals surface area contributed by atoms with Gasteiger partial charge in [0.25, 0.3) is 0 Å². The smallest absolute Gasteiger partial charge is 0.162 e. The van der Waals surface area contributed by atoms with E-state index in [1.165, 1.54) is 0 Å². The zero-order valence-electron chi connectivity index (χ0n) is 15.7. The number of benzene rings is 3. The Morgan fingerprint density at radius 3 is 2.45 bits per heavy atom. The van der Waals surface area contributed by atoms with Gasteiger partial charge in [0, 0.05) is 17.0 Å². The number of fused-ring (bicyclic) bond motifs is 1. The lowest BCUT2D eigenvalue weighted by atomic mass is 10.1. The molecule has 0 radical (unpaired) electrons. The normalized spacial score (nSPS) is 10.8. The van der Waals surface area contributed by atoms with E-state index in [1.54, 1.807) is 31.4 Å². The van der Waals surface area contributed by atoms with Crippen molar-refractivity contribution in [2.24, 2.45) is 0 Å². The van der Waals surface area contributed by atoms with Gasteiger partial charge >= 0.3 is 0 Å². The summed E-state index contributed by atoms with van der Waals surface area (Å²) in [6.45, 7) is 0.431. The summed E-state index contributed by atoms with van der Waals surface area (Å²) in [5, 5.41) is 1.14. The monoisotopic (exact) mass is 406 g/mol. The first kappa shape index (κ1) is 18.8. The van der Waals surface area contributed by atoms with Gasteiger partial charge in [-0.25, -0.2) is 9.97 Å². The number of rotatable bonds is 5. The molecular weight excluding hydrogens is 388 g/mol. The Hall–Kier alpha value is -3.51. The van der Waals surface area contributed by atoms with Gasteiger partial charge < -0.3 is 20.9 Å². The van der Waals surface area contributed by atoms with Gasteiger partial charge in [0.2, 0.25) is 0 Å². The fraction of sp³-hybridized carbons (Fsp3) is 0.0909. The third-order valence-corrected chi connectivity index (χ3v) is 4.80. The Bertz CT molecular complexity index is 1180. The van der Waals surface area contributed by atoms with Crippen molar-refractivity contribution >= 4 is 34.0 Å². The fourth-order valence-corrected chi connectivity index (χ4v) is 3.23. The highest BCUT2D eigenvalue weighted by Crippen LogP contribution is 2.33. The van der Waals surface area contributed by atoms with E-state index in [0.717, 1.165) is 11.1 Å². The average Bonchev–Trinajstić information content (AvgIpc) is 2.73. The van der Waals surface area contributed by atoms with Crippen molar-refractivity contribution in [2.45, 2.75) is 6.61 Å². The third kappa shape index (κ3) is 3.88. The molecule has 1 heterocycles. The lowest BCUT2D eigenvalue weighted by Crippen LogP contribution is -2.00. The topological polar surface area (TPSA) is 96.3 Å². The van der Waals surface area contributed by atoms with Crippen molar-refractivity contribution in [2.75, 3.05) is 18.6 Å². The highest BCUT2D eigenvalue weighted by atomic mass is 35.5. The van der Waals surface area contributed by atoms with E-state index in [2.05, 4.69) is 9.97 Å². The maximum atomic E-state index is 6.42. The molecule has 146 valence electrons. The molecule has 0 aliphatic carbocycles. The molecule has 0 unspecified atom stereocenters. The summed E-state index contributed by atoms with van der Waals surface area (Å²) in [5.74, 6) is 1.91. The van der Waals surface area contributed by atoms with Crippen molar-refractivity contribution in [1.82, 2.24) is 9.97 Å². The van der Waals surface area contributed by atoms with Gasteiger partial charge in [0.1, 0.15) is 23.9 Å². The zero-order valence-corrected chi connectivity index (χ0v) is 16.5. The van der Waals surface area contributed by atoms with Crippen molar-refractivity contribution in [3.05, 3.63) is 71.2 Å². The molecular formula is C22H19ClN4O2. The first-order chi connectivity index (χ1) is 14.0. The van der Waals surface area contributed by atoms with Crippen LogP contribution in [0.5, 0.6) is 11.5 Å².